The first kappa shape index (κ1) is 15.2. The first-order valence-electron chi connectivity index (χ1n) is 6.83. The van der Waals surface area contributed by atoms with Crippen molar-refractivity contribution in [1.82, 2.24) is 14.8 Å². The highest BCUT2D eigenvalue weighted by Gasteiger charge is 2.18. The van der Waals surface area contributed by atoms with E-state index in [9.17, 15) is 0 Å². The lowest BCUT2D eigenvalue weighted by atomic mass is 10.0. The SMILES string of the molecule is CCc1nn(C)c(CC(N)c2ncc(C)cc2C)c1Br. The third-order valence-electron chi connectivity index (χ3n) is 3.52. The predicted octanol–water partition coefficient (Wildman–Crippen LogP) is 3.00. The van der Waals surface area contributed by atoms with E-state index in [1.165, 1.54) is 0 Å². The maximum Gasteiger partial charge on any atom is 0.0766 e. The minimum Gasteiger partial charge on any atom is -0.322 e. The highest BCUT2D eigenvalue weighted by Crippen LogP contribution is 2.26. The number of aryl methyl sites for hydroxylation is 4. The van der Waals surface area contributed by atoms with E-state index in [2.05, 4.69) is 45.9 Å². The number of aromatic nitrogens is 3. The van der Waals surface area contributed by atoms with Gasteiger partial charge in [0.25, 0.3) is 0 Å². The molecule has 2 heterocycles. The van der Waals surface area contributed by atoms with Crippen LogP contribution in [0.1, 0.15) is 41.2 Å². The van der Waals surface area contributed by atoms with Crippen molar-refractivity contribution in [3.8, 4) is 0 Å². The van der Waals surface area contributed by atoms with E-state index >= 15 is 0 Å². The molecular formula is C15H21BrN4. The number of halogens is 1. The second kappa shape index (κ2) is 6.06. The standard InChI is InChI=1S/C15H21BrN4/c1-5-12-14(16)13(20(4)19-12)7-11(17)15-10(3)6-9(2)8-18-15/h6,8,11H,5,7,17H2,1-4H3. The van der Waals surface area contributed by atoms with Crippen LogP contribution in [0.15, 0.2) is 16.7 Å². The summed E-state index contributed by atoms with van der Waals surface area (Å²) in [6, 6.07) is 2.00. The van der Waals surface area contributed by atoms with Crippen molar-refractivity contribution in [2.24, 2.45) is 12.8 Å². The van der Waals surface area contributed by atoms with E-state index in [-0.39, 0.29) is 6.04 Å². The van der Waals surface area contributed by atoms with Crippen LogP contribution in [-0.4, -0.2) is 14.8 Å². The van der Waals surface area contributed by atoms with Crippen LogP contribution in [0.3, 0.4) is 0 Å². The Bertz CT molecular complexity index is 619. The normalized spacial score (nSPS) is 12.7. The summed E-state index contributed by atoms with van der Waals surface area (Å²) in [5.41, 5.74) is 11.8. The quantitative estimate of drug-likeness (QED) is 0.933. The third-order valence-corrected chi connectivity index (χ3v) is 4.44. The first-order valence-corrected chi connectivity index (χ1v) is 7.62. The van der Waals surface area contributed by atoms with Crippen LogP contribution >= 0.6 is 15.9 Å². The number of hydrogen-bond acceptors (Lipinski definition) is 3. The summed E-state index contributed by atoms with van der Waals surface area (Å²) in [5, 5.41) is 4.51. The Labute approximate surface area is 128 Å². The minimum absolute atomic E-state index is 0.119. The Kier molecular flexibility index (Phi) is 4.60. The topological polar surface area (TPSA) is 56.7 Å². The van der Waals surface area contributed by atoms with Crippen molar-refractivity contribution in [2.45, 2.75) is 39.7 Å². The summed E-state index contributed by atoms with van der Waals surface area (Å²) in [6.45, 7) is 6.20. The zero-order chi connectivity index (χ0) is 14.9. The van der Waals surface area contributed by atoms with Crippen LogP contribution < -0.4 is 5.73 Å². The molecule has 4 nitrogen and oxygen atoms in total. The Morgan fingerprint density at radius 3 is 2.65 bits per heavy atom. The molecule has 2 N–H and O–H groups in total. The van der Waals surface area contributed by atoms with E-state index in [1.54, 1.807) is 0 Å². The van der Waals surface area contributed by atoms with E-state index in [0.29, 0.717) is 0 Å². The van der Waals surface area contributed by atoms with Crippen LogP contribution in [-0.2, 0) is 19.9 Å². The molecular weight excluding hydrogens is 316 g/mol. The molecule has 0 radical (unpaired) electrons. The summed E-state index contributed by atoms with van der Waals surface area (Å²) in [5.74, 6) is 0. The lowest BCUT2D eigenvalue weighted by Crippen LogP contribution is -2.18. The zero-order valence-electron chi connectivity index (χ0n) is 12.4. The van der Waals surface area contributed by atoms with Crippen LogP contribution in [0.5, 0.6) is 0 Å². The fourth-order valence-corrected chi connectivity index (χ4v) is 3.24. The van der Waals surface area contributed by atoms with E-state index in [1.807, 2.05) is 24.9 Å². The van der Waals surface area contributed by atoms with Gasteiger partial charge in [0.05, 0.1) is 27.6 Å². The molecule has 0 aliphatic heterocycles. The van der Waals surface area contributed by atoms with Crippen molar-refractivity contribution in [3.63, 3.8) is 0 Å². The van der Waals surface area contributed by atoms with Gasteiger partial charge in [0, 0.05) is 19.7 Å². The number of pyridine rings is 1. The molecule has 0 aromatic carbocycles. The molecule has 2 rings (SSSR count). The van der Waals surface area contributed by atoms with Crippen LogP contribution in [0.25, 0.3) is 0 Å². The largest absolute Gasteiger partial charge is 0.322 e. The molecule has 0 saturated heterocycles. The smallest absolute Gasteiger partial charge is 0.0766 e. The van der Waals surface area contributed by atoms with Crippen LogP contribution in [0.4, 0.5) is 0 Å². The van der Waals surface area contributed by atoms with E-state index in [4.69, 9.17) is 5.73 Å². The molecule has 2 aromatic rings. The second-order valence-electron chi connectivity index (χ2n) is 5.21. The molecule has 108 valence electrons. The summed E-state index contributed by atoms with van der Waals surface area (Å²) < 4.78 is 2.98. The highest BCUT2D eigenvalue weighted by atomic mass is 79.9. The summed E-state index contributed by atoms with van der Waals surface area (Å²) in [4.78, 5) is 4.49. The highest BCUT2D eigenvalue weighted by molar-refractivity contribution is 9.10. The van der Waals surface area contributed by atoms with Crippen molar-refractivity contribution in [3.05, 3.63) is 44.9 Å². The van der Waals surface area contributed by atoms with Crippen LogP contribution in [0.2, 0.25) is 0 Å². The van der Waals surface area contributed by atoms with Gasteiger partial charge in [-0.2, -0.15) is 5.10 Å². The summed E-state index contributed by atoms with van der Waals surface area (Å²) in [6.07, 6.45) is 3.50. The monoisotopic (exact) mass is 336 g/mol. The van der Waals surface area contributed by atoms with Crippen molar-refractivity contribution >= 4 is 15.9 Å². The summed E-state index contributed by atoms with van der Waals surface area (Å²) >= 11 is 3.63. The van der Waals surface area contributed by atoms with Gasteiger partial charge in [0.2, 0.25) is 0 Å². The fourth-order valence-electron chi connectivity index (χ4n) is 2.46. The lowest BCUT2D eigenvalue weighted by molar-refractivity contribution is 0.623. The zero-order valence-corrected chi connectivity index (χ0v) is 14.0. The number of nitrogens with zero attached hydrogens (tertiary/aromatic N) is 3. The molecule has 0 fully saturated rings. The maximum atomic E-state index is 6.34. The molecule has 0 bridgehead atoms. The molecule has 0 amide bonds. The maximum absolute atomic E-state index is 6.34. The molecule has 1 unspecified atom stereocenters. The van der Waals surface area contributed by atoms with E-state index in [0.717, 1.165) is 45.5 Å². The molecule has 1 atom stereocenters. The minimum atomic E-state index is -0.119. The number of nitrogens with two attached hydrogens (primary N) is 1. The fraction of sp³-hybridized carbons (Fsp3) is 0.467. The Balaban J connectivity index is 2.27. The Hall–Kier alpha value is -1.20. The van der Waals surface area contributed by atoms with Gasteiger partial charge in [0.1, 0.15) is 0 Å². The van der Waals surface area contributed by atoms with Crippen molar-refractivity contribution < 1.29 is 0 Å². The van der Waals surface area contributed by atoms with Crippen LogP contribution in [0, 0.1) is 13.8 Å². The average molecular weight is 337 g/mol. The van der Waals surface area contributed by atoms with Crippen molar-refractivity contribution in [2.75, 3.05) is 0 Å². The Morgan fingerprint density at radius 1 is 1.40 bits per heavy atom. The van der Waals surface area contributed by atoms with Gasteiger partial charge in [-0.1, -0.05) is 13.0 Å². The van der Waals surface area contributed by atoms with Gasteiger partial charge in [-0.15, -0.1) is 0 Å². The molecule has 5 heteroatoms. The number of hydrogen-bond donors (Lipinski definition) is 1. The molecule has 2 aromatic heterocycles. The van der Waals surface area contributed by atoms with Gasteiger partial charge < -0.3 is 5.73 Å². The van der Waals surface area contributed by atoms with Gasteiger partial charge in [0.15, 0.2) is 0 Å². The molecule has 20 heavy (non-hydrogen) atoms. The lowest BCUT2D eigenvalue weighted by Gasteiger charge is -2.14. The molecule has 0 aliphatic rings. The molecule has 0 aliphatic carbocycles. The Morgan fingerprint density at radius 2 is 2.10 bits per heavy atom. The first-order chi connectivity index (χ1) is 9.43. The molecule has 0 spiro atoms. The number of rotatable bonds is 4. The van der Waals surface area contributed by atoms with Gasteiger partial charge >= 0.3 is 0 Å². The van der Waals surface area contributed by atoms with Gasteiger partial charge in [-0.05, 0) is 47.3 Å². The van der Waals surface area contributed by atoms with Gasteiger partial charge in [-0.25, -0.2) is 0 Å². The second-order valence-corrected chi connectivity index (χ2v) is 6.00. The molecule has 0 saturated carbocycles. The summed E-state index contributed by atoms with van der Waals surface area (Å²) in [7, 11) is 1.96. The third kappa shape index (κ3) is 2.94. The average Bonchev–Trinajstić information content (AvgIpc) is 2.66. The predicted molar refractivity (Wildman–Crippen MR) is 84.6 cm³/mol. The van der Waals surface area contributed by atoms with Gasteiger partial charge in [-0.3, -0.25) is 9.67 Å². The van der Waals surface area contributed by atoms with Crippen molar-refractivity contribution in [1.29, 1.82) is 0 Å². The van der Waals surface area contributed by atoms with E-state index < -0.39 is 0 Å².